The molecule has 1 N–H and O–H groups in total. The molecule has 0 atom stereocenters. The van der Waals surface area contributed by atoms with Crippen LogP contribution < -0.4 is 10.1 Å². The number of hydrogen-bond donors (Lipinski definition) is 1. The molecule has 0 aliphatic carbocycles. The van der Waals surface area contributed by atoms with Crippen LogP contribution in [0.5, 0.6) is 5.75 Å². The SMILES string of the molecule is O=C(COc1ccc([N+](=O)[O-])cc1C(F)(F)F)Nc1ccc(Br)cc1. The molecule has 0 aliphatic rings. The van der Waals surface area contributed by atoms with Crippen LogP contribution in [0.3, 0.4) is 0 Å². The minimum absolute atomic E-state index is 0.363. The zero-order chi connectivity index (χ0) is 18.6. The number of nitrogens with zero attached hydrogens (tertiary/aromatic N) is 1. The first-order valence-electron chi connectivity index (χ1n) is 6.70. The van der Waals surface area contributed by atoms with Crippen molar-refractivity contribution in [1.29, 1.82) is 0 Å². The minimum Gasteiger partial charge on any atom is -0.483 e. The van der Waals surface area contributed by atoms with E-state index in [0.717, 1.165) is 16.6 Å². The highest BCUT2D eigenvalue weighted by atomic mass is 79.9. The average Bonchev–Trinajstić information content (AvgIpc) is 2.54. The number of nitro groups is 1. The van der Waals surface area contributed by atoms with Crippen LogP contribution >= 0.6 is 15.9 Å². The predicted octanol–water partition coefficient (Wildman–Crippen LogP) is 4.39. The van der Waals surface area contributed by atoms with Crippen molar-refractivity contribution in [2.45, 2.75) is 6.18 Å². The molecular formula is C15H10BrF3N2O4. The topological polar surface area (TPSA) is 81.5 Å². The first kappa shape index (κ1) is 18.7. The summed E-state index contributed by atoms with van der Waals surface area (Å²) in [6.45, 7) is -0.684. The number of rotatable bonds is 5. The third-order valence-electron chi connectivity index (χ3n) is 2.97. The van der Waals surface area contributed by atoms with Gasteiger partial charge in [-0.05, 0) is 30.3 Å². The summed E-state index contributed by atoms with van der Waals surface area (Å²) in [7, 11) is 0. The van der Waals surface area contributed by atoms with Gasteiger partial charge in [0.25, 0.3) is 11.6 Å². The molecule has 2 aromatic rings. The standard InChI is InChI=1S/C15H10BrF3N2O4/c16-9-1-3-10(4-2-9)20-14(22)8-25-13-6-5-11(21(23)24)7-12(13)15(17,18)19/h1-7H,8H2,(H,20,22). The lowest BCUT2D eigenvalue weighted by Crippen LogP contribution is -2.21. The van der Waals surface area contributed by atoms with Crippen molar-refractivity contribution in [3.05, 3.63) is 62.6 Å². The van der Waals surface area contributed by atoms with Crippen molar-refractivity contribution in [3.8, 4) is 5.75 Å². The fraction of sp³-hybridized carbons (Fsp3) is 0.133. The minimum atomic E-state index is -4.86. The van der Waals surface area contributed by atoms with Gasteiger partial charge >= 0.3 is 6.18 Å². The van der Waals surface area contributed by atoms with Crippen molar-refractivity contribution in [2.75, 3.05) is 11.9 Å². The molecule has 1 amide bonds. The second-order valence-corrected chi connectivity index (χ2v) is 5.69. The molecule has 10 heteroatoms. The Balaban J connectivity index is 2.10. The fourth-order valence-corrected chi connectivity index (χ4v) is 2.12. The summed E-state index contributed by atoms with van der Waals surface area (Å²) in [6.07, 6.45) is -4.86. The van der Waals surface area contributed by atoms with Crippen LogP contribution in [-0.2, 0) is 11.0 Å². The molecule has 132 valence electrons. The number of amides is 1. The van der Waals surface area contributed by atoms with Gasteiger partial charge < -0.3 is 10.1 Å². The number of carbonyl (C=O) groups excluding carboxylic acids is 1. The highest BCUT2D eigenvalue weighted by molar-refractivity contribution is 9.10. The van der Waals surface area contributed by atoms with Gasteiger partial charge in [-0.25, -0.2) is 0 Å². The molecule has 6 nitrogen and oxygen atoms in total. The number of carbonyl (C=O) groups is 1. The van der Waals surface area contributed by atoms with E-state index in [1.54, 1.807) is 24.3 Å². The Kier molecular flexibility index (Phi) is 5.62. The highest BCUT2D eigenvalue weighted by Gasteiger charge is 2.36. The van der Waals surface area contributed by atoms with Gasteiger partial charge in [-0.2, -0.15) is 13.2 Å². The van der Waals surface area contributed by atoms with E-state index in [-0.39, 0.29) is 0 Å². The number of non-ortho nitro benzene ring substituents is 1. The second kappa shape index (κ2) is 7.51. The number of anilines is 1. The van der Waals surface area contributed by atoms with E-state index in [2.05, 4.69) is 21.2 Å². The molecule has 0 aromatic heterocycles. The zero-order valence-corrected chi connectivity index (χ0v) is 13.9. The summed E-state index contributed by atoms with van der Waals surface area (Å²) in [5.74, 6) is -1.34. The molecule has 0 spiro atoms. The van der Waals surface area contributed by atoms with E-state index in [1.807, 2.05) is 0 Å². The maximum Gasteiger partial charge on any atom is 0.420 e. The third-order valence-corrected chi connectivity index (χ3v) is 3.49. The fourth-order valence-electron chi connectivity index (χ4n) is 1.85. The number of halogens is 4. The second-order valence-electron chi connectivity index (χ2n) is 4.78. The molecule has 0 radical (unpaired) electrons. The lowest BCUT2D eigenvalue weighted by atomic mass is 10.1. The van der Waals surface area contributed by atoms with Gasteiger partial charge in [-0.1, -0.05) is 15.9 Å². The van der Waals surface area contributed by atoms with Crippen molar-refractivity contribution >= 4 is 33.2 Å². The smallest absolute Gasteiger partial charge is 0.420 e. The van der Waals surface area contributed by atoms with Crippen molar-refractivity contribution in [1.82, 2.24) is 0 Å². The van der Waals surface area contributed by atoms with Crippen molar-refractivity contribution in [3.63, 3.8) is 0 Å². The number of nitrogens with one attached hydrogen (secondary N) is 1. The Labute approximate surface area is 147 Å². The Morgan fingerprint density at radius 3 is 2.40 bits per heavy atom. The van der Waals surface area contributed by atoms with E-state index in [4.69, 9.17) is 4.74 Å². The van der Waals surface area contributed by atoms with Crippen molar-refractivity contribution in [2.24, 2.45) is 0 Å². The molecular weight excluding hydrogens is 409 g/mol. The first-order chi connectivity index (χ1) is 11.7. The Morgan fingerprint density at radius 1 is 1.20 bits per heavy atom. The van der Waals surface area contributed by atoms with Crippen LogP contribution in [0.4, 0.5) is 24.5 Å². The molecule has 0 fully saturated rings. The van der Waals surface area contributed by atoms with E-state index < -0.39 is 40.6 Å². The van der Waals surface area contributed by atoms with Gasteiger partial charge in [0.1, 0.15) is 11.3 Å². The van der Waals surface area contributed by atoms with E-state index in [0.29, 0.717) is 11.8 Å². The largest absolute Gasteiger partial charge is 0.483 e. The van der Waals surface area contributed by atoms with Crippen molar-refractivity contribution < 1.29 is 27.6 Å². The van der Waals surface area contributed by atoms with Gasteiger partial charge in [-0.3, -0.25) is 14.9 Å². The Bertz CT molecular complexity index is 794. The van der Waals surface area contributed by atoms with E-state index >= 15 is 0 Å². The van der Waals surface area contributed by atoms with Gasteiger partial charge in [0, 0.05) is 22.3 Å². The molecule has 0 saturated heterocycles. The maximum atomic E-state index is 13.0. The maximum absolute atomic E-state index is 13.0. The Hall–Kier alpha value is -2.62. The third kappa shape index (κ3) is 5.18. The number of benzene rings is 2. The number of nitro benzene ring substituents is 1. The highest BCUT2D eigenvalue weighted by Crippen LogP contribution is 2.38. The van der Waals surface area contributed by atoms with Gasteiger partial charge in [-0.15, -0.1) is 0 Å². The molecule has 25 heavy (non-hydrogen) atoms. The summed E-state index contributed by atoms with van der Waals surface area (Å²) >= 11 is 3.22. The number of alkyl halides is 3. The molecule has 2 aromatic carbocycles. The van der Waals surface area contributed by atoms with Gasteiger partial charge in [0.05, 0.1) is 4.92 Å². The van der Waals surface area contributed by atoms with Crippen LogP contribution in [-0.4, -0.2) is 17.4 Å². The predicted molar refractivity (Wildman–Crippen MR) is 86.4 cm³/mol. The normalized spacial score (nSPS) is 11.0. The molecule has 0 aliphatic heterocycles. The number of hydrogen-bond acceptors (Lipinski definition) is 4. The molecule has 0 bridgehead atoms. The zero-order valence-electron chi connectivity index (χ0n) is 12.3. The molecule has 0 heterocycles. The first-order valence-corrected chi connectivity index (χ1v) is 7.50. The lowest BCUT2D eigenvalue weighted by molar-refractivity contribution is -0.385. The van der Waals surface area contributed by atoms with Crippen LogP contribution in [0.1, 0.15) is 5.56 Å². The van der Waals surface area contributed by atoms with Gasteiger partial charge in [0.2, 0.25) is 0 Å². The Morgan fingerprint density at radius 2 is 1.84 bits per heavy atom. The average molecular weight is 419 g/mol. The molecule has 0 unspecified atom stereocenters. The summed E-state index contributed by atoms with van der Waals surface area (Å²) < 4.78 is 44.7. The summed E-state index contributed by atoms with van der Waals surface area (Å²) in [4.78, 5) is 21.4. The van der Waals surface area contributed by atoms with Crippen LogP contribution in [0.2, 0.25) is 0 Å². The summed E-state index contributed by atoms with van der Waals surface area (Å²) in [5, 5.41) is 13.1. The number of ether oxygens (including phenoxy) is 1. The van der Waals surface area contributed by atoms with Crippen LogP contribution in [0.15, 0.2) is 46.9 Å². The van der Waals surface area contributed by atoms with Crippen LogP contribution in [0.25, 0.3) is 0 Å². The van der Waals surface area contributed by atoms with Crippen LogP contribution in [0, 0.1) is 10.1 Å². The van der Waals surface area contributed by atoms with E-state index in [9.17, 15) is 28.1 Å². The summed E-state index contributed by atoms with van der Waals surface area (Å²) in [6, 6.07) is 8.58. The summed E-state index contributed by atoms with van der Waals surface area (Å²) in [5.41, 5.74) is -1.60. The monoisotopic (exact) mass is 418 g/mol. The molecule has 2 rings (SSSR count). The van der Waals surface area contributed by atoms with E-state index in [1.165, 1.54) is 0 Å². The quantitative estimate of drug-likeness (QED) is 0.576. The van der Waals surface area contributed by atoms with Gasteiger partial charge in [0.15, 0.2) is 6.61 Å². The lowest BCUT2D eigenvalue weighted by Gasteiger charge is -2.13. The molecule has 0 saturated carbocycles.